The van der Waals surface area contributed by atoms with Crippen molar-refractivity contribution in [2.45, 2.75) is 18.8 Å². The Morgan fingerprint density at radius 2 is 1.80 bits per heavy atom. The summed E-state index contributed by atoms with van der Waals surface area (Å²) in [7, 11) is -3.00. The van der Waals surface area contributed by atoms with Crippen molar-refractivity contribution in [3.8, 4) is 0 Å². The third kappa shape index (κ3) is 6.56. The van der Waals surface area contributed by atoms with Crippen molar-refractivity contribution < 1.29 is 49.1 Å². The van der Waals surface area contributed by atoms with Gasteiger partial charge in [-0.05, 0) is 18.6 Å². The molecule has 0 unspecified atom stereocenters. The molecule has 40 heavy (non-hydrogen) atoms. The number of anilines is 3. The lowest BCUT2D eigenvalue weighted by Gasteiger charge is -2.19. The number of rotatable bonds is 5. The Bertz CT molecular complexity index is 1640. The highest BCUT2D eigenvalue weighted by molar-refractivity contribution is 7.90. The van der Waals surface area contributed by atoms with E-state index in [0.29, 0.717) is 6.07 Å². The largest absolute Gasteiger partial charge is 0.490 e. The standard InChI is InChI=1S/C19H16ClF4N5O3S.C2HF3O2/c1-28-8-25-11-2-3-12(15(20)14(11)19(28)30)26-18-16(23)10(22)6-13(17(18)24)27-33(31,32)29-5-4-9(21)7-29;3-2(4,5)1(6)7/h2-3,6,8-9,26-27H,4-5,7H2,1H3;(H,6,7)/t9-;/m1./s1. The topological polar surface area (TPSA) is 134 Å². The number of nitrogens with one attached hydrogen (secondary N) is 2. The molecule has 1 saturated heterocycles. The zero-order valence-electron chi connectivity index (χ0n) is 19.9. The molecule has 1 fully saturated rings. The van der Waals surface area contributed by atoms with Crippen LogP contribution in [-0.2, 0) is 22.1 Å². The molecule has 0 radical (unpaired) electrons. The number of alkyl halides is 4. The van der Waals surface area contributed by atoms with Crippen molar-refractivity contribution in [1.29, 1.82) is 0 Å². The highest BCUT2D eigenvalue weighted by Gasteiger charge is 2.38. The van der Waals surface area contributed by atoms with E-state index in [1.807, 2.05) is 4.72 Å². The quantitative estimate of drug-likeness (QED) is 0.290. The van der Waals surface area contributed by atoms with E-state index in [1.165, 1.54) is 25.5 Å². The van der Waals surface area contributed by atoms with Crippen molar-refractivity contribution in [3.63, 3.8) is 0 Å². The maximum Gasteiger partial charge on any atom is 0.490 e. The number of hydrogen-bond acceptors (Lipinski definition) is 6. The first-order valence-corrected chi connectivity index (χ1v) is 12.6. The van der Waals surface area contributed by atoms with Gasteiger partial charge < -0.3 is 15.0 Å². The molecule has 3 aromatic rings. The predicted molar refractivity (Wildman–Crippen MR) is 129 cm³/mol. The number of hydrogen-bond donors (Lipinski definition) is 3. The molecule has 218 valence electrons. The lowest BCUT2D eigenvalue weighted by Crippen LogP contribution is -2.34. The van der Waals surface area contributed by atoms with Gasteiger partial charge in [-0.2, -0.15) is 25.9 Å². The molecule has 4 rings (SSSR count). The van der Waals surface area contributed by atoms with E-state index in [0.717, 1.165) is 8.87 Å². The van der Waals surface area contributed by atoms with Crippen LogP contribution in [0.4, 0.5) is 47.8 Å². The highest BCUT2D eigenvalue weighted by Crippen LogP contribution is 2.36. The molecule has 3 N–H and O–H groups in total. The van der Waals surface area contributed by atoms with Gasteiger partial charge in [-0.25, -0.2) is 27.3 Å². The summed E-state index contributed by atoms with van der Waals surface area (Å²) >= 11 is 6.25. The Kier molecular flexibility index (Phi) is 8.85. The van der Waals surface area contributed by atoms with Crippen LogP contribution < -0.4 is 15.6 Å². The number of carboxylic acid groups (broad SMARTS) is 1. The maximum atomic E-state index is 15.1. The zero-order chi connectivity index (χ0) is 30.2. The molecule has 0 aliphatic carbocycles. The normalized spacial score (nSPS) is 16.0. The van der Waals surface area contributed by atoms with Crippen molar-refractivity contribution in [3.05, 3.63) is 57.4 Å². The Morgan fingerprint density at radius 1 is 1.18 bits per heavy atom. The molecule has 10 nitrogen and oxygen atoms in total. The van der Waals surface area contributed by atoms with Gasteiger partial charge in [0.25, 0.3) is 5.56 Å². The third-order valence-corrected chi connectivity index (χ3v) is 7.24. The summed E-state index contributed by atoms with van der Waals surface area (Å²) in [5.41, 5.74) is -2.39. The lowest BCUT2D eigenvalue weighted by atomic mass is 10.2. The van der Waals surface area contributed by atoms with E-state index in [9.17, 15) is 39.6 Å². The Morgan fingerprint density at radius 3 is 2.35 bits per heavy atom. The van der Waals surface area contributed by atoms with E-state index < -0.39 is 69.5 Å². The average molecular weight is 620 g/mol. The van der Waals surface area contributed by atoms with E-state index in [-0.39, 0.29) is 34.6 Å². The van der Waals surface area contributed by atoms with Crippen molar-refractivity contribution in [2.24, 2.45) is 7.05 Å². The molecule has 2 aromatic carbocycles. The Balaban J connectivity index is 0.000000559. The fraction of sp³-hybridized carbons (Fsp3) is 0.286. The van der Waals surface area contributed by atoms with Gasteiger partial charge in [0.2, 0.25) is 0 Å². The summed E-state index contributed by atoms with van der Waals surface area (Å²) in [5.74, 6) is -7.43. The number of aromatic nitrogens is 2. The van der Waals surface area contributed by atoms with Gasteiger partial charge >= 0.3 is 22.4 Å². The summed E-state index contributed by atoms with van der Waals surface area (Å²) < 4.78 is 117. The Labute approximate surface area is 225 Å². The number of aliphatic carboxylic acids is 1. The fourth-order valence-corrected chi connectivity index (χ4v) is 4.93. The van der Waals surface area contributed by atoms with E-state index in [2.05, 4.69) is 10.3 Å². The molecular weight excluding hydrogens is 603 g/mol. The van der Waals surface area contributed by atoms with Crippen LogP contribution in [0.5, 0.6) is 0 Å². The monoisotopic (exact) mass is 619 g/mol. The van der Waals surface area contributed by atoms with Gasteiger partial charge in [0.15, 0.2) is 17.5 Å². The minimum absolute atomic E-state index is 0.0389. The van der Waals surface area contributed by atoms with E-state index in [4.69, 9.17) is 21.5 Å². The van der Waals surface area contributed by atoms with Gasteiger partial charge in [0.1, 0.15) is 11.9 Å². The molecule has 1 aliphatic heterocycles. The zero-order valence-corrected chi connectivity index (χ0v) is 21.4. The first-order chi connectivity index (χ1) is 18.4. The molecule has 0 saturated carbocycles. The highest BCUT2D eigenvalue weighted by atomic mass is 35.5. The third-order valence-electron chi connectivity index (χ3n) is 5.35. The molecular formula is C21H17ClF7N5O5S. The number of halogens is 8. The van der Waals surface area contributed by atoms with E-state index in [1.54, 1.807) is 0 Å². The number of carboxylic acids is 1. The molecule has 1 aliphatic rings. The summed E-state index contributed by atoms with van der Waals surface area (Å²) in [6.07, 6.45) is -5.24. The molecule has 1 atom stereocenters. The second-order valence-electron chi connectivity index (χ2n) is 8.17. The fourth-order valence-electron chi connectivity index (χ4n) is 3.38. The van der Waals surface area contributed by atoms with Crippen LogP contribution in [0.15, 0.2) is 29.3 Å². The second kappa shape index (κ2) is 11.5. The smallest absolute Gasteiger partial charge is 0.475 e. The van der Waals surface area contributed by atoms with Crippen LogP contribution in [0, 0.1) is 17.5 Å². The second-order valence-corrected chi connectivity index (χ2v) is 10.2. The number of fused-ring (bicyclic) bond motifs is 1. The first kappa shape index (κ1) is 30.9. The molecule has 0 spiro atoms. The summed E-state index contributed by atoms with van der Waals surface area (Å²) in [6.45, 7) is -0.593. The average Bonchev–Trinajstić information content (AvgIpc) is 3.30. The molecule has 0 bridgehead atoms. The van der Waals surface area contributed by atoms with Gasteiger partial charge in [-0.3, -0.25) is 9.52 Å². The summed E-state index contributed by atoms with van der Waals surface area (Å²) in [5, 5.41) is 9.14. The molecule has 19 heteroatoms. The predicted octanol–water partition coefficient (Wildman–Crippen LogP) is 4.08. The maximum absolute atomic E-state index is 15.1. The van der Waals surface area contributed by atoms with Crippen molar-refractivity contribution in [2.75, 3.05) is 23.1 Å². The summed E-state index contributed by atoms with van der Waals surface area (Å²) in [6, 6.07) is 2.97. The van der Waals surface area contributed by atoms with Crippen LogP contribution in [0.2, 0.25) is 5.02 Å². The van der Waals surface area contributed by atoms with E-state index >= 15 is 4.39 Å². The van der Waals surface area contributed by atoms with Gasteiger partial charge in [-0.1, -0.05) is 11.6 Å². The lowest BCUT2D eigenvalue weighted by molar-refractivity contribution is -0.192. The van der Waals surface area contributed by atoms with Gasteiger partial charge in [0, 0.05) is 26.2 Å². The van der Waals surface area contributed by atoms with Crippen LogP contribution in [0.3, 0.4) is 0 Å². The molecule has 0 amide bonds. The molecule has 2 heterocycles. The van der Waals surface area contributed by atoms with Crippen molar-refractivity contribution in [1.82, 2.24) is 13.9 Å². The summed E-state index contributed by atoms with van der Waals surface area (Å²) in [4.78, 5) is 25.3. The van der Waals surface area contributed by atoms with Crippen LogP contribution >= 0.6 is 11.6 Å². The number of carbonyl (C=O) groups is 1. The minimum atomic E-state index is -5.08. The molecule has 1 aromatic heterocycles. The van der Waals surface area contributed by atoms with Crippen LogP contribution in [0.1, 0.15) is 6.42 Å². The first-order valence-electron chi connectivity index (χ1n) is 10.7. The number of aryl methyl sites for hydroxylation is 1. The number of benzene rings is 2. The van der Waals surface area contributed by atoms with Gasteiger partial charge in [-0.15, -0.1) is 0 Å². The van der Waals surface area contributed by atoms with Crippen LogP contribution in [-0.4, -0.2) is 58.8 Å². The Hall–Kier alpha value is -3.64. The van der Waals surface area contributed by atoms with Crippen molar-refractivity contribution >= 4 is 55.7 Å². The van der Waals surface area contributed by atoms with Crippen LogP contribution in [0.25, 0.3) is 10.9 Å². The number of nitrogens with zero attached hydrogens (tertiary/aromatic N) is 3. The van der Waals surface area contributed by atoms with Gasteiger partial charge in [0.05, 0.1) is 33.6 Å². The minimum Gasteiger partial charge on any atom is -0.475 e. The SMILES string of the molecule is Cn1cnc2ccc(Nc3c(F)c(F)cc(NS(=O)(=O)N4CC[C@@H](F)C4)c3F)c(Cl)c2c1=O.O=C(O)C(F)(F)F.